The van der Waals surface area contributed by atoms with Gasteiger partial charge in [0.2, 0.25) is 0 Å². The lowest BCUT2D eigenvalue weighted by molar-refractivity contribution is -0.140. The van der Waals surface area contributed by atoms with Crippen molar-refractivity contribution in [2.24, 2.45) is 0 Å². The Bertz CT molecular complexity index is 984. The molecule has 1 atom stereocenters. The standard InChI is InChI=1S/C21H18ClNO4S/c1-27-16-8-6-13(7-9-16)18(21(25)26)11-15(24)10-14-12-28-20(23-14)17-4-2-3-5-19(17)22/h2-9,12,18H,10-11H2,1H3,(H,25,26). The average Bonchev–Trinajstić information content (AvgIpc) is 3.14. The topological polar surface area (TPSA) is 76.5 Å². The Balaban J connectivity index is 1.70. The minimum Gasteiger partial charge on any atom is -0.497 e. The molecule has 0 saturated carbocycles. The summed E-state index contributed by atoms with van der Waals surface area (Å²) in [6.07, 6.45) is -0.0124. The Morgan fingerprint density at radius 3 is 2.54 bits per heavy atom. The lowest BCUT2D eigenvalue weighted by Crippen LogP contribution is -2.17. The highest BCUT2D eigenvalue weighted by atomic mass is 35.5. The van der Waals surface area contributed by atoms with E-state index in [1.807, 2.05) is 18.2 Å². The monoisotopic (exact) mass is 415 g/mol. The molecule has 0 amide bonds. The SMILES string of the molecule is COc1ccc(C(CC(=O)Cc2csc(-c3ccccc3Cl)n2)C(=O)O)cc1. The number of ether oxygens (including phenoxy) is 1. The lowest BCUT2D eigenvalue weighted by atomic mass is 9.92. The number of aliphatic carboxylic acids is 1. The van der Waals surface area contributed by atoms with Crippen LogP contribution < -0.4 is 4.74 Å². The zero-order valence-corrected chi connectivity index (χ0v) is 16.7. The summed E-state index contributed by atoms with van der Waals surface area (Å²) in [5.41, 5.74) is 2.00. The normalized spacial score (nSPS) is 11.8. The highest BCUT2D eigenvalue weighted by Crippen LogP contribution is 2.30. The largest absolute Gasteiger partial charge is 0.497 e. The maximum atomic E-state index is 12.5. The van der Waals surface area contributed by atoms with Gasteiger partial charge < -0.3 is 9.84 Å². The second-order valence-electron chi connectivity index (χ2n) is 6.21. The van der Waals surface area contributed by atoms with Crippen molar-refractivity contribution in [2.45, 2.75) is 18.8 Å². The second kappa shape index (κ2) is 8.99. The highest BCUT2D eigenvalue weighted by molar-refractivity contribution is 7.13. The number of aromatic nitrogens is 1. The van der Waals surface area contributed by atoms with Gasteiger partial charge >= 0.3 is 5.97 Å². The van der Waals surface area contributed by atoms with Crippen LogP contribution in [0.2, 0.25) is 5.02 Å². The summed E-state index contributed by atoms with van der Waals surface area (Å²) >= 11 is 7.60. The first kappa shape index (κ1) is 20.0. The smallest absolute Gasteiger partial charge is 0.311 e. The van der Waals surface area contributed by atoms with Crippen molar-refractivity contribution in [3.05, 3.63) is 70.2 Å². The highest BCUT2D eigenvalue weighted by Gasteiger charge is 2.24. The molecule has 0 radical (unpaired) electrons. The molecule has 3 aromatic rings. The number of benzene rings is 2. The van der Waals surface area contributed by atoms with Gasteiger partial charge in [0.1, 0.15) is 16.5 Å². The molecule has 3 rings (SSSR count). The van der Waals surface area contributed by atoms with E-state index in [0.717, 1.165) is 10.6 Å². The van der Waals surface area contributed by atoms with Gasteiger partial charge in [-0.05, 0) is 23.8 Å². The molecule has 28 heavy (non-hydrogen) atoms. The van der Waals surface area contributed by atoms with E-state index < -0.39 is 11.9 Å². The van der Waals surface area contributed by atoms with Crippen LogP contribution >= 0.6 is 22.9 Å². The first-order valence-electron chi connectivity index (χ1n) is 8.55. The number of Topliss-reactive ketones (excluding diaryl/α,β-unsaturated/α-hetero) is 1. The number of carboxylic acid groups (broad SMARTS) is 1. The van der Waals surface area contributed by atoms with E-state index >= 15 is 0 Å². The number of carboxylic acids is 1. The summed E-state index contributed by atoms with van der Waals surface area (Å²) in [5.74, 6) is -1.48. The van der Waals surface area contributed by atoms with Crippen LogP contribution in [0.4, 0.5) is 0 Å². The summed E-state index contributed by atoms with van der Waals surface area (Å²) in [4.78, 5) is 28.6. The molecule has 0 spiro atoms. The van der Waals surface area contributed by atoms with Crippen LogP contribution in [0.3, 0.4) is 0 Å². The first-order valence-corrected chi connectivity index (χ1v) is 9.81. The molecular formula is C21H18ClNO4S. The fourth-order valence-corrected chi connectivity index (χ4v) is 3.97. The fourth-order valence-electron chi connectivity index (χ4n) is 2.83. The molecule has 1 N–H and O–H groups in total. The third-order valence-electron chi connectivity index (χ3n) is 4.28. The van der Waals surface area contributed by atoms with Crippen LogP contribution in [-0.4, -0.2) is 29.0 Å². The molecular weight excluding hydrogens is 398 g/mol. The minimum absolute atomic E-state index is 0.0842. The molecule has 0 fully saturated rings. The van der Waals surface area contributed by atoms with Crippen molar-refractivity contribution in [1.82, 2.24) is 4.98 Å². The summed E-state index contributed by atoms with van der Waals surface area (Å²) in [5, 5.41) is 12.7. The molecule has 0 aliphatic carbocycles. The van der Waals surface area contributed by atoms with Crippen LogP contribution in [0.25, 0.3) is 10.6 Å². The fraction of sp³-hybridized carbons (Fsp3) is 0.190. The van der Waals surface area contributed by atoms with E-state index in [2.05, 4.69) is 4.98 Å². The van der Waals surface area contributed by atoms with Crippen LogP contribution in [-0.2, 0) is 16.0 Å². The van der Waals surface area contributed by atoms with Crippen molar-refractivity contribution < 1.29 is 19.4 Å². The quantitative estimate of drug-likeness (QED) is 0.569. The van der Waals surface area contributed by atoms with E-state index in [1.54, 1.807) is 35.7 Å². The summed E-state index contributed by atoms with van der Waals surface area (Å²) < 4.78 is 5.09. The predicted molar refractivity (Wildman–Crippen MR) is 109 cm³/mol. The Morgan fingerprint density at radius 1 is 1.18 bits per heavy atom. The van der Waals surface area contributed by atoms with Gasteiger partial charge in [-0.2, -0.15) is 0 Å². The van der Waals surface area contributed by atoms with E-state index in [1.165, 1.54) is 18.4 Å². The minimum atomic E-state index is -1.03. The van der Waals surface area contributed by atoms with Crippen molar-refractivity contribution in [2.75, 3.05) is 7.11 Å². The number of nitrogens with zero attached hydrogens (tertiary/aromatic N) is 1. The van der Waals surface area contributed by atoms with Gasteiger partial charge in [0.25, 0.3) is 0 Å². The molecule has 1 aromatic heterocycles. The van der Waals surface area contributed by atoms with Crippen LogP contribution in [0.5, 0.6) is 5.75 Å². The van der Waals surface area contributed by atoms with Crippen molar-refractivity contribution in [3.8, 4) is 16.3 Å². The van der Waals surface area contributed by atoms with Crippen molar-refractivity contribution in [1.29, 1.82) is 0 Å². The third-order valence-corrected chi connectivity index (χ3v) is 5.54. The van der Waals surface area contributed by atoms with Gasteiger partial charge in [0, 0.05) is 23.8 Å². The van der Waals surface area contributed by atoms with E-state index in [0.29, 0.717) is 22.0 Å². The number of rotatable bonds is 8. The van der Waals surface area contributed by atoms with Gasteiger partial charge in [-0.1, -0.05) is 41.9 Å². The molecule has 0 aliphatic heterocycles. The molecule has 5 nitrogen and oxygen atoms in total. The van der Waals surface area contributed by atoms with Gasteiger partial charge in [-0.3, -0.25) is 9.59 Å². The Kier molecular flexibility index (Phi) is 6.44. The number of hydrogen-bond acceptors (Lipinski definition) is 5. The maximum Gasteiger partial charge on any atom is 0.311 e. The molecule has 0 aliphatic rings. The third kappa shape index (κ3) is 4.77. The zero-order valence-electron chi connectivity index (χ0n) is 15.1. The number of carbonyl (C=O) groups is 2. The molecule has 7 heteroatoms. The number of hydrogen-bond donors (Lipinski definition) is 1. The van der Waals surface area contributed by atoms with Crippen molar-refractivity contribution >= 4 is 34.7 Å². The number of carbonyl (C=O) groups excluding carboxylic acids is 1. The van der Waals surface area contributed by atoms with Crippen molar-refractivity contribution in [3.63, 3.8) is 0 Å². The van der Waals surface area contributed by atoms with E-state index in [-0.39, 0.29) is 18.6 Å². The lowest BCUT2D eigenvalue weighted by Gasteiger charge is -2.12. The molecule has 2 aromatic carbocycles. The van der Waals surface area contributed by atoms with Crippen LogP contribution in [0.15, 0.2) is 53.9 Å². The van der Waals surface area contributed by atoms with Gasteiger partial charge in [-0.15, -0.1) is 11.3 Å². The Hall–Kier alpha value is -2.70. The molecule has 144 valence electrons. The predicted octanol–water partition coefficient (Wildman–Crippen LogP) is 4.84. The molecule has 0 bridgehead atoms. The van der Waals surface area contributed by atoms with Crippen LogP contribution in [0.1, 0.15) is 23.6 Å². The molecule has 1 unspecified atom stereocenters. The molecule has 0 saturated heterocycles. The van der Waals surface area contributed by atoms with Gasteiger partial charge in [-0.25, -0.2) is 4.98 Å². The number of thiazole rings is 1. The summed E-state index contributed by atoms with van der Waals surface area (Å²) in [6.45, 7) is 0. The first-order chi connectivity index (χ1) is 13.5. The van der Waals surface area contributed by atoms with Gasteiger partial charge in [0.05, 0.1) is 23.7 Å². The average molecular weight is 416 g/mol. The number of ketones is 1. The maximum absolute atomic E-state index is 12.5. The zero-order chi connectivity index (χ0) is 20.1. The number of halogens is 1. The number of methoxy groups -OCH3 is 1. The Morgan fingerprint density at radius 2 is 1.89 bits per heavy atom. The summed E-state index contributed by atoms with van der Waals surface area (Å²) in [6, 6.07) is 14.1. The van der Waals surface area contributed by atoms with E-state index in [4.69, 9.17) is 16.3 Å². The van der Waals surface area contributed by atoms with Crippen LogP contribution in [0, 0.1) is 0 Å². The summed E-state index contributed by atoms with van der Waals surface area (Å²) in [7, 11) is 1.54. The second-order valence-corrected chi connectivity index (χ2v) is 7.47. The Labute approximate surface area is 171 Å². The van der Waals surface area contributed by atoms with Gasteiger partial charge in [0.15, 0.2) is 0 Å². The molecule has 1 heterocycles. The van der Waals surface area contributed by atoms with E-state index in [9.17, 15) is 14.7 Å².